The first-order valence-corrected chi connectivity index (χ1v) is 4.63. The summed E-state index contributed by atoms with van der Waals surface area (Å²) >= 11 is 0. The molecule has 2 N–H and O–H groups in total. The molecule has 0 fully saturated rings. The molecule has 0 aliphatic heterocycles. The van der Waals surface area contributed by atoms with E-state index in [0.717, 1.165) is 0 Å². The predicted octanol–water partition coefficient (Wildman–Crippen LogP) is 1.15. The summed E-state index contributed by atoms with van der Waals surface area (Å²) in [7, 11) is 1.47. The fourth-order valence-corrected chi connectivity index (χ4v) is 1.35. The number of ether oxygens (including phenoxy) is 1. The highest BCUT2D eigenvalue weighted by atomic mass is 16.5. The van der Waals surface area contributed by atoms with Crippen LogP contribution in [0, 0.1) is 0 Å². The van der Waals surface area contributed by atoms with Gasteiger partial charge in [0.1, 0.15) is 5.82 Å². The summed E-state index contributed by atoms with van der Waals surface area (Å²) in [6, 6.07) is 6.12. The van der Waals surface area contributed by atoms with Crippen LogP contribution >= 0.6 is 0 Å². The van der Waals surface area contributed by atoms with Crippen LogP contribution in [0.15, 0.2) is 35.3 Å². The van der Waals surface area contributed by atoms with Crippen molar-refractivity contribution < 1.29 is 9.84 Å². The lowest BCUT2D eigenvalue weighted by Gasteiger charge is -2.05. The van der Waals surface area contributed by atoms with E-state index in [1.54, 1.807) is 12.1 Å². The zero-order valence-electron chi connectivity index (χ0n) is 8.60. The predicted molar refractivity (Wildman–Crippen MR) is 58.5 cm³/mol. The number of H-pyrrole nitrogens is 1. The minimum Gasteiger partial charge on any atom is -0.504 e. The van der Waals surface area contributed by atoms with Gasteiger partial charge in [-0.3, -0.25) is 4.79 Å². The Kier molecular flexibility index (Phi) is 2.59. The number of aromatic hydroxyl groups is 1. The van der Waals surface area contributed by atoms with Gasteiger partial charge in [-0.1, -0.05) is 0 Å². The van der Waals surface area contributed by atoms with Gasteiger partial charge in [-0.05, 0) is 18.2 Å². The molecule has 0 atom stereocenters. The van der Waals surface area contributed by atoms with E-state index in [9.17, 15) is 9.90 Å². The number of aromatic amines is 1. The van der Waals surface area contributed by atoms with Crippen LogP contribution < -0.4 is 10.3 Å². The molecule has 1 aromatic carbocycles. The topological polar surface area (TPSA) is 75.2 Å². The van der Waals surface area contributed by atoms with Crippen molar-refractivity contribution in [3.63, 3.8) is 0 Å². The zero-order valence-corrected chi connectivity index (χ0v) is 8.60. The number of hydrogen-bond donors (Lipinski definition) is 2. The maximum Gasteiger partial charge on any atom is 0.251 e. The smallest absolute Gasteiger partial charge is 0.251 e. The summed E-state index contributed by atoms with van der Waals surface area (Å²) in [5, 5.41) is 9.58. The van der Waals surface area contributed by atoms with Crippen molar-refractivity contribution in [3.05, 3.63) is 40.8 Å². The molecule has 2 aromatic rings. The molecule has 5 nitrogen and oxygen atoms in total. The number of methoxy groups -OCH3 is 1. The number of phenolic OH excluding ortho intramolecular Hbond substituents is 1. The van der Waals surface area contributed by atoms with Gasteiger partial charge in [0.2, 0.25) is 0 Å². The van der Waals surface area contributed by atoms with Crippen LogP contribution in [0.5, 0.6) is 11.5 Å². The summed E-state index contributed by atoms with van der Waals surface area (Å²) < 4.78 is 4.92. The Labute approximate surface area is 91.4 Å². The lowest BCUT2D eigenvalue weighted by molar-refractivity contribution is 0.373. The molecule has 82 valence electrons. The van der Waals surface area contributed by atoms with E-state index >= 15 is 0 Å². The lowest BCUT2D eigenvalue weighted by atomic mass is 10.2. The standard InChI is InChI=1S/C11H10N2O3/c1-16-9-3-2-7(6-8(9)14)11-12-5-4-10(15)13-11/h2-6,14H,1H3,(H,12,13,15). The van der Waals surface area contributed by atoms with Crippen LogP contribution in [-0.2, 0) is 0 Å². The van der Waals surface area contributed by atoms with Gasteiger partial charge in [-0.25, -0.2) is 4.98 Å². The average molecular weight is 218 g/mol. The van der Waals surface area contributed by atoms with Gasteiger partial charge in [0.05, 0.1) is 7.11 Å². The van der Waals surface area contributed by atoms with Crippen molar-refractivity contribution in [2.45, 2.75) is 0 Å². The third-order valence-corrected chi connectivity index (χ3v) is 2.12. The Hall–Kier alpha value is -2.30. The lowest BCUT2D eigenvalue weighted by Crippen LogP contribution is -2.05. The summed E-state index contributed by atoms with van der Waals surface area (Å²) in [5.41, 5.74) is 0.385. The second-order valence-electron chi connectivity index (χ2n) is 3.17. The fraction of sp³-hybridized carbons (Fsp3) is 0.0909. The number of nitrogens with one attached hydrogen (secondary N) is 1. The van der Waals surface area contributed by atoms with Crippen LogP contribution in [0.4, 0.5) is 0 Å². The molecule has 0 spiro atoms. The highest BCUT2D eigenvalue weighted by Gasteiger charge is 2.05. The second-order valence-corrected chi connectivity index (χ2v) is 3.17. The normalized spacial score (nSPS) is 10.1. The molecule has 2 rings (SSSR count). The first-order chi connectivity index (χ1) is 7.70. The van der Waals surface area contributed by atoms with Crippen LogP contribution in [0.25, 0.3) is 11.4 Å². The molecule has 0 amide bonds. The molecule has 0 aliphatic carbocycles. The number of phenols is 1. The van der Waals surface area contributed by atoms with Gasteiger partial charge in [0.25, 0.3) is 5.56 Å². The molecule has 0 bridgehead atoms. The number of aromatic nitrogens is 2. The van der Waals surface area contributed by atoms with Gasteiger partial charge in [0, 0.05) is 17.8 Å². The maximum atomic E-state index is 11.1. The van der Waals surface area contributed by atoms with Gasteiger partial charge in [-0.2, -0.15) is 0 Å². The minimum absolute atomic E-state index is 0.00602. The quantitative estimate of drug-likeness (QED) is 0.792. The first kappa shape index (κ1) is 10.2. The van der Waals surface area contributed by atoms with E-state index in [4.69, 9.17) is 4.74 Å². The average Bonchev–Trinajstić information content (AvgIpc) is 2.29. The molecule has 0 saturated heterocycles. The van der Waals surface area contributed by atoms with Gasteiger partial charge in [-0.15, -0.1) is 0 Å². The molecule has 0 aliphatic rings. The largest absolute Gasteiger partial charge is 0.504 e. The highest BCUT2D eigenvalue weighted by Crippen LogP contribution is 2.29. The Morgan fingerprint density at radius 3 is 2.81 bits per heavy atom. The van der Waals surface area contributed by atoms with E-state index in [0.29, 0.717) is 17.1 Å². The summed E-state index contributed by atoms with van der Waals surface area (Å²) in [6.45, 7) is 0. The molecule has 0 saturated carbocycles. The second kappa shape index (κ2) is 4.06. The maximum absolute atomic E-state index is 11.1. The molecular weight excluding hydrogens is 208 g/mol. The third-order valence-electron chi connectivity index (χ3n) is 2.12. The molecular formula is C11H10N2O3. The molecule has 0 radical (unpaired) electrons. The number of benzene rings is 1. The van der Waals surface area contributed by atoms with Crippen LogP contribution in [-0.4, -0.2) is 22.2 Å². The number of rotatable bonds is 2. The van der Waals surface area contributed by atoms with E-state index in [1.807, 2.05) is 0 Å². The molecule has 16 heavy (non-hydrogen) atoms. The molecule has 1 heterocycles. The van der Waals surface area contributed by atoms with Crippen molar-refractivity contribution >= 4 is 0 Å². The van der Waals surface area contributed by atoms with Gasteiger partial charge >= 0.3 is 0 Å². The number of hydrogen-bond acceptors (Lipinski definition) is 4. The molecule has 0 unspecified atom stereocenters. The summed E-state index contributed by atoms with van der Waals surface area (Å²) in [5.74, 6) is 0.791. The minimum atomic E-state index is -0.236. The molecule has 5 heteroatoms. The zero-order chi connectivity index (χ0) is 11.5. The Bertz CT molecular complexity index is 563. The Morgan fingerprint density at radius 1 is 1.38 bits per heavy atom. The molecule has 1 aromatic heterocycles. The van der Waals surface area contributed by atoms with Crippen molar-refractivity contribution in [2.75, 3.05) is 7.11 Å². The monoisotopic (exact) mass is 218 g/mol. The van der Waals surface area contributed by atoms with Crippen molar-refractivity contribution in [3.8, 4) is 22.9 Å². The summed E-state index contributed by atoms with van der Waals surface area (Å²) in [6.07, 6.45) is 1.41. The van der Waals surface area contributed by atoms with Crippen molar-refractivity contribution in [1.82, 2.24) is 9.97 Å². The Morgan fingerprint density at radius 2 is 2.19 bits per heavy atom. The fourth-order valence-electron chi connectivity index (χ4n) is 1.35. The first-order valence-electron chi connectivity index (χ1n) is 4.63. The SMILES string of the molecule is COc1ccc(-c2nccc(=O)[nH]2)cc1O. The van der Waals surface area contributed by atoms with E-state index in [1.165, 1.54) is 25.4 Å². The third kappa shape index (κ3) is 1.88. The number of nitrogens with zero attached hydrogens (tertiary/aromatic N) is 1. The van der Waals surface area contributed by atoms with Crippen LogP contribution in [0.3, 0.4) is 0 Å². The van der Waals surface area contributed by atoms with Gasteiger partial charge in [0.15, 0.2) is 11.5 Å². The van der Waals surface area contributed by atoms with Crippen LogP contribution in [0.2, 0.25) is 0 Å². The van der Waals surface area contributed by atoms with E-state index < -0.39 is 0 Å². The summed E-state index contributed by atoms with van der Waals surface area (Å²) in [4.78, 5) is 17.7. The van der Waals surface area contributed by atoms with E-state index in [-0.39, 0.29) is 11.3 Å². The van der Waals surface area contributed by atoms with Crippen molar-refractivity contribution in [1.29, 1.82) is 0 Å². The van der Waals surface area contributed by atoms with Crippen molar-refractivity contribution in [2.24, 2.45) is 0 Å². The van der Waals surface area contributed by atoms with Crippen LogP contribution in [0.1, 0.15) is 0 Å². The Balaban J connectivity index is 2.49. The van der Waals surface area contributed by atoms with Gasteiger partial charge < -0.3 is 14.8 Å². The van der Waals surface area contributed by atoms with E-state index in [2.05, 4.69) is 9.97 Å². The highest BCUT2D eigenvalue weighted by molar-refractivity contribution is 5.60.